The van der Waals surface area contributed by atoms with Gasteiger partial charge in [0.2, 0.25) is 6.04 Å². The number of rotatable bonds is 2. The second-order valence-corrected chi connectivity index (χ2v) is 4.19. The number of benzene rings is 1. The zero-order valence-electron chi connectivity index (χ0n) is 9.99. The number of aromatic nitrogens is 2. The Morgan fingerprint density at radius 3 is 2.40 bits per heavy atom. The van der Waals surface area contributed by atoms with Crippen LogP contribution in [0.15, 0.2) is 40.3 Å². The van der Waals surface area contributed by atoms with Gasteiger partial charge in [-0.05, 0) is 17.3 Å². The van der Waals surface area contributed by atoms with Crippen molar-refractivity contribution in [1.29, 1.82) is 0 Å². The van der Waals surface area contributed by atoms with Crippen LogP contribution >= 0.6 is 0 Å². The summed E-state index contributed by atoms with van der Waals surface area (Å²) in [5.41, 5.74) is -0.571. The lowest BCUT2D eigenvalue weighted by Crippen LogP contribution is -2.44. The van der Waals surface area contributed by atoms with Crippen molar-refractivity contribution < 1.29 is 9.59 Å². The molecule has 8 heteroatoms. The molecular weight excluding hydrogens is 264 g/mol. The summed E-state index contributed by atoms with van der Waals surface area (Å²) in [5.74, 6) is -1.49. The lowest BCUT2D eigenvalue weighted by Gasteiger charge is -2.26. The molecule has 1 aliphatic rings. The van der Waals surface area contributed by atoms with Crippen LogP contribution in [0.3, 0.4) is 0 Å². The maximum Gasteiger partial charge on any atom is 0.323 e. The number of aromatic amines is 2. The molecule has 0 radical (unpaired) electrons. The van der Waals surface area contributed by atoms with E-state index in [1.165, 1.54) is 0 Å². The highest BCUT2D eigenvalue weighted by molar-refractivity contribution is 6.25. The molecule has 0 spiro atoms. The van der Waals surface area contributed by atoms with Crippen LogP contribution in [0.1, 0.15) is 22.2 Å². The molecule has 0 saturated carbocycles. The highest BCUT2D eigenvalue weighted by Crippen LogP contribution is 2.30. The van der Waals surface area contributed by atoms with Crippen molar-refractivity contribution in [3.8, 4) is 0 Å². The van der Waals surface area contributed by atoms with Crippen LogP contribution in [-0.2, 0) is 4.79 Å². The maximum atomic E-state index is 12.3. The molecule has 0 aliphatic carbocycles. The van der Waals surface area contributed by atoms with E-state index < -0.39 is 23.5 Å². The van der Waals surface area contributed by atoms with Crippen molar-refractivity contribution in [2.45, 2.75) is 6.04 Å². The van der Waals surface area contributed by atoms with Gasteiger partial charge in [0.25, 0.3) is 11.8 Å². The van der Waals surface area contributed by atoms with Crippen molar-refractivity contribution >= 4 is 17.5 Å². The molecule has 1 atom stereocenters. The first-order valence-corrected chi connectivity index (χ1v) is 5.71. The highest BCUT2D eigenvalue weighted by atomic mass is 16.3. The fourth-order valence-corrected chi connectivity index (χ4v) is 2.15. The molecule has 2 aromatic rings. The van der Waals surface area contributed by atoms with Gasteiger partial charge in [0.05, 0.1) is 11.4 Å². The number of imide groups is 1. The van der Waals surface area contributed by atoms with Crippen LogP contribution in [0.2, 0.25) is 0 Å². The Bertz CT molecular complexity index is 761. The molecule has 2 heterocycles. The molecule has 0 bridgehead atoms. The molecule has 0 fully saturated rings. The molecule has 20 heavy (non-hydrogen) atoms. The second-order valence-electron chi connectivity index (χ2n) is 4.19. The molecule has 2 amide bonds. The quantitative estimate of drug-likeness (QED) is 0.618. The van der Waals surface area contributed by atoms with Crippen molar-refractivity contribution in [3.05, 3.63) is 57.1 Å². The van der Waals surface area contributed by atoms with Crippen LogP contribution in [0.5, 0.6) is 0 Å². The Labute approximate surface area is 111 Å². The van der Waals surface area contributed by atoms with E-state index in [2.05, 4.69) is 15.1 Å². The predicted octanol–water partition coefficient (Wildman–Crippen LogP) is 0.698. The van der Waals surface area contributed by atoms with Gasteiger partial charge in [-0.1, -0.05) is 18.2 Å². The Kier molecular flexibility index (Phi) is 2.56. The fourth-order valence-electron chi connectivity index (χ4n) is 2.15. The third-order valence-corrected chi connectivity index (χ3v) is 3.02. The number of H-pyrrole nitrogens is 2. The first-order valence-electron chi connectivity index (χ1n) is 5.71. The van der Waals surface area contributed by atoms with E-state index in [1.807, 2.05) is 0 Å². The first kappa shape index (κ1) is 12.0. The van der Waals surface area contributed by atoms with Gasteiger partial charge < -0.3 is 9.97 Å². The number of amides is 2. The predicted molar refractivity (Wildman–Crippen MR) is 68.2 cm³/mol. The number of imidazole rings is 1. The van der Waals surface area contributed by atoms with Crippen LogP contribution in [0.25, 0.3) is 0 Å². The van der Waals surface area contributed by atoms with Crippen molar-refractivity contribution in [2.24, 2.45) is 5.18 Å². The fraction of sp³-hybridized carbons (Fsp3) is 0.0833. The average Bonchev–Trinajstić information content (AvgIpc) is 2.82. The minimum Gasteiger partial charge on any atom is -0.307 e. The second kappa shape index (κ2) is 4.26. The van der Waals surface area contributed by atoms with Gasteiger partial charge in [0, 0.05) is 0 Å². The summed E-state index contributed by atoms with van der Waals surface area (Å²) in [4.78, 5) is 52.0. The lowest BCUT2D eigenvalue weighted by atomic mass is 10.0. The molecule has 2 N–H and O–H groups in total. The van der Waals surface area contributed by atoms with Gasteiger partial charge in [-0.25, -0.2) is 9.69 Å². The SMILES string of the molecule is O=NC1C(=O)N(c2ccccc2)C(=O)c2[nH]c(=O)[nH]c21. The van der Waals surface area contributed by atoms with Gasteiger partial charge >= 0.3 is 5.69 Å². The molecule has 1 aromatic carbocycles. The molecule has 8 nitrogen and oxygen atoms in total. The minimum absolute atomic E-state index is 0.0906. The zero-order valence-corrected chi connectivity index (χ0v) is 9.99. The standard InChI is InChI=1S/C12H8N4O4/c17-10-8-7(13-12(19)14-8)9(15-20)11(18)16(10)6-4-2-1-3-5-6/h1-5,9H,(H2,13,14,19). The van der Waals surface area contributed by atoms with Crippen LogP contribution < -0.4 is 10.6 Å². The third kappa shape index (κ3) is 1.58. The van der Waals surface area contributed by atoms with Crippen molar-refractivity contribution in [2.75, 3.05) is 4.90 Å². The van der Waals surface area contributed by atoms with Gasteiger partial charge in [-0.15, -0.1) is 4.91 Å². The molecule has 1 aromatic heterocycles. The van der Waals surface area contributed by atoms with E-state index in [0.717, 1.165) is 4.90 Å². The van der Waals surface area contributed by atoms with Gasteiger partial charge in [-0.3, -0.25) is 9.59 Å². The van der Waals surface area contributed by atoms with Crippen molar-refractivity contribution in [3.63, 3.8) is 0 Å². The maximum absolute atomic E-state index is 12.3. The Balaban J connectivity index is 2.20. The summed E-state index contributed by atoms with van der Waals surface area (Å²) >= 11 is 0. The number of nitroso groups, excluding NO2 is 1. The van der Waals surface area contributed by atoms with E-state index in [1.54, 1.807) is 30.3 Å². The molecule has 3 rings (SSSR count). The van der Waals surface area contributed by atoms with E-state index >= 15 is 0 Å². The molecule has 100 valence electrons. The number of hydrogen-bond acceptors (Lipinski definition) is 5. The van der Waals surface area contributed by atoms with E-state index in [0.29, 0.717) is 5.69 Å². The van der Waals surface area contributed by atoms with E-state index in [4.69, 9.17) is 0 Å². The average molecular weight is 272 g/mol. The van der Waals surface area contributed by atoms with E-state index in [-0.39, 0.29) is 11.4 Å². The topological polar surface area (TPSA) is 115 Å². The van der Waals surface area contributed by atoms with Crippen molar-refractivity contribution in [1.82, 2.24) is 9.97 Å². The largest absolute Gasteiger partial charge is 0.323 e. The summed E-state index contributed by atoms with van der Waals surface area (Å²) in [7, 11) is 0. The number of carbonyl (C=O) groups is 2. The van der Waals surface area contributed by atoms with Gasteiger partial charge in [-0.2, -0.15) is 0 Å². The zero-order chi connectivity index (χ0) is 14.3. The van der Waals surface area contributed by atoms with Gasteiger partial charge in [0.1, 0.15) is 5.69 Å². The molecule has 1 aliphatic heterocycles. The summed E-state index contributed by atoms with van der Waals surface area (Å²) in [6, 6.07) is 6.67. The van der Waals surface area contributed by atoms with Crippen LogP contribution in [-0.4, -0.2) is 21.8 Å². The number of hydrogen-bond donors (Lipinski definition) is 2. The smallest absolute Gasteiger partial charge is 0.307 e. The van der Waals surface area contributed by atoms with Gasteiger partial charge in [0.15, 0.2) is 0 Å². The summed E-state index contributed by atoms with van der Waals surface area (Å²) in [6.07, 6.45) is 0. The Hall–Kier alpha value is -3.03. The van der Waals surface area contributed by atoms with Crippen LogP contribution in [0, 0.1) is 4.91 Å². The monoisotopic (exact) mass is 272 g/mol. The Morgan fingerprint density at radius 1 is 1.05 bits per heavy atom. The normalized spacial score (nSPS) is 18.0. The minimum atomic E-state index is -1.44. The lowest BCUT2D eigenvalue weighted by molar-refractivity contribution is -0.119. The molecule has 0 saturated heterocycles. The highest BCUT2D eigenvalue weighted by Gasteiger charge is 2.42. The summed E-state index contributed by atoms with van der Waals surface area (Å²) in [6.45, 7) is 0. The summed E-state index contributed by atoms with van der Waals surface area (Å²) in [5, 5.41) is 2.71. The van der Waals surface area contributed by atoms with E-state index in [9.17, 15) is 19.3 Å². The number of fused-ring (bicyclic) bond motifs is 1. The number of nitrogens with one attached hydrogen (secondary N) is 2. The molecule has 1 unspecified atom stereocenters. The number of para-hydroxylation sites is 1. The third-order valence-electron chi connectivity index (χ3n) is 3.02. The summed E-state index contributed by atoms with van der Waals surface area (Å²) < 4.78 is 0. The first-order chi connectivity index (χ1) is 9.63. The number of nitrogens with zero attached hydrogens (tertiary/aromatic N) is 2. The Morgan fingerprint density at radius 2 is 1.75 bits per heavy atom. The number of anilines is 1. The molecular formula is C12H8N4O4. The van der Waals surface area contributed by atoms with Crippen LogP contribution in [0.4, 0.5) is 5.69 Å². The number of carbonyl (C=O) groups excluding carboxylic acids is 2.